The van der Waals surface area contributed by atoms with E-state index in [-0.39, 0.29) is 11.7 Å². The van der Waals surface area contributed by atoms with Gasteiger partial charge in [-0.15, -0.1) is 0 Å². The molecule has 0 bridgehead atoms. The second kappa shape index (κ2) is 3.77. The fourth-order valence-corrected chi connectivity index (χ4v) is 2.30. The number of carbonyl (C=O) groups is 1. The predicted molar refractivity (Wildman–Crippen MR) is 60.3 cm³/mol. The molecule has 1 saturated carbocycles. The Kier molecular flexibility index (Phi) is 2.58. The van der Waals surface area contributed by atoms with Crippen LogP contribution >= 0.6 is 0 Å². The lowest BCUT2D eigenvalue weighted by Crippen LogP contribution is -2.58. The summed E-state index contributed by atoms with van der Waals surface area (Å²) < 4.78 is 12.7. The highest BCUT2D eigenvalue weighted by molar-refractivity contribution is 5.89. The van der Waals surface area contributed by atoms with E-state index in [2.05, 4.69) is 12.2 Å². The van der Waals surface area contributed by atoms with Crippen LogP contribution in [-0.2, 0) is 4.79 Å². The number of nitrogens with one attached hydrogen (secondary N) is 1. The van der Waals surface area contributed by atoms with Gasteiger partial charge in [-0.2, -0.15) is 0 Å². The first kappa shape index (κ1) is 10.9. The molecule has 0 saturated heterocycles. The van der Waals surface area contributed by atoms with Crippen molar-refractivity contribution in [1.29, 1.82) is 0 Å². The van der Waals surface area contributed by atoms with Crippen molar-refractivity contribution >= 4 is 11.6 Å². The largest absolute Gasteiger partial charge is 0.371 e. The molecule has 3 N–H and O–H groups in total. The summed E-state index contributed by atoms with van der Waals surface area (Å²) in [5, 5.41) is 3.11. The Morgan fingerprint density at radius 3 is 2.44 bits per heavy atom. The van der Waals surface area contributed by atoms with E-state index in [1.165, 1.54) is 12.1 Å². The third-order valence-electron chi connectivity index (χ3n) is 3.09. The Morgan fingerprint density at radius 2 is 2.00 bits per heavy atom. The molecule has 86 valence electrons. The zero-order valence-electron chi connectivity index (χ0n) is 9.16. The van der Waals surface area contributed by atoms with E-state index in [1.807, 2.05) is 0 Å². The van der Waals surface area contributed by atoms with Crippen molar-refractivity contribution in [2.24, 2.45) is 11.7 Å². The van der Waals surface area contributed by atoms with E-state index >= 15 is 0 Å². The fourth-order valence-electron chi connectivity index (χ4n) is 2.30. The number of rotatable bonds is 3. The summed E-state index contributed by atoms with van der Waals surface area (Å²) in [6.45, 7) is 2.08. The molecule has 2 rings (SSSR count). The lowest BCUT2D eigenvalue weighted by atomic mass is 9.68. The standard InChI is InChI=1S/C12H15FN2O/c1-8-6-12(7-8,11(14)16)15-10-4-2-9(13)3-5-10/h2-5,8,15H,6-7H2,1H3,(H2,14,16). The first-order valence-electron chi connectivity index (χ1n) is 5.35. The lowest BCUT2D eigenvalue weighted by molar-refractivity contribution is -0.126. The summed E-state index contributed by atoms with van der Waals surface area (Å²) >= 11 is 0. The third-order valence-corrected chi connectivity index (χ3v) is 3.09. The van der Waals surface area contributed by atoms with Crippen molar-refractivity contribution in [1.82, 2.24) is 0 Å². The molecule has 0 radical (unpaired) electrons. The second-order valence-electron chi connectivity index (χ2n) is 4.59. The highest BCUT2D eigenvalue weighted by Crippen LogP contribution is 2.39. The number of anilines is 1. The van der Waals surface area contributed by atoms with E-state index in [0.717, 1.165) is 18.5 Å². The van der Waals surface area contributed by atoms with Gasteiger partial charge in [-0.25, -0.2) is 4.39 Å². The number of hydrogen-bond acceptors (Lipinski definition) is 2. The van der Waals surface area contributed by atoms with Crippen molar-refractivity contribution in [3.05, 3.63) is 30.1 Å². The van der Waals surface area contributed by atoms with Gasteiger partial charge < -0.3 is 11.1 Å². The molecule has 16 heavy (non-hydrogen) atoms. The molecule has 1 amide bonds. The van der Waals surface area contributed by atoms with Crippen LogP contribution in [0.4, 0.5) is 10.1 Å². The summed E-state index contributed by atoms with van der Waals surface area (Å²) in [6.07, 6.45) is 1.47. The third kappa shape index (κ3) is 1.87. The predicted octanol–water partition coefficient (Wildman–Crippen LogP) is 1.89. The number of carbonyl (C=O) groups excluding carboxylic acids is 1. The molecule has 0 aromatic heterocycles. The molecule has 1 aliphatic rings. The van der Waals surface area contributed by atoms with Crippen LogP contribution in [0.3, 0.4) is 0 Å². The Balaban J connectivity index is 2.13. The SMILES string of the molecule is CC1CC(Nc2ccc(F)cc2)(C(N)=O)C1. The number of hydrogen-bond donors (Lipinski definition) is 2. The molecule has 0 spiro atoms. The van der Waals surface area contributed by atoms with Gasteiger partial charge in [-0.05, 0) is 43.0 Å². The van der Waals surface area contributed by atoms with E-state index in [9.17, 15) is 9.18 Å². The molecule has 1 aliphatic carbocycles. The highest BCUT2D eigenvalue weighted by Gasteiger charge is 2.47. The monoisotopic (exact) mass is 222 g/mol. The Morgan fingerprint density at radius 1 is 1.44 bits per heavy atom. The average Bonchev–Trinajstić information content (AvgIpc) is 2.18. The Labute approximate surface area is 93.8 Å². The number of amides is 1. The molecule has 1 aromatic rings. The van der Waals surface area contributed by atoms with Crippen molar-refractivity contribution in [3.8, 4) is 0 Å². The van der Waals surface area contributed by atoms with Gasteiger partial charge in [0, 0.05) is 5.69 Å². The Hall–Kier alpha value is -1.58. The molecule has 4 heteroatoms. The summed E-state index contributed by atoms with van der Waals surface area (Å²) in [4.78, 5) is 11.4. The summed E-state index contributed by atoms with van der Waals surface area (Å²) in [7, 11) is 0. The van der Waals surface area contributed by atoms with Gasteiger partial charge in [-0.3, -0.25) is 4.79 Å². The second-order valence-corrected chi connectivity index (χ2v) is 4.59. The molecule has 0 unspecified atom stereocenters. The first-order chi connectivity index (χ1) is 7.52. The number of halogens is 1. The van der Waals surface area contributed by atoms with Crippen molar-refractivity contribution in [3.63, 3.8) is 0 Å². The van der Waals surface area contributed by atoms with Crippen molar-refractivity contribution in [2.45, 2.75) is 25.3 Å². The number of nitrogens with two attached hydrogens (primary N) is 1. The van der Waals surface area contributed by atoms with E-state index in [0.29, 0.717) is 5.92 Å². The van der Waals surface area contributed by atoms with Crippen LogP contribution in [0.25, 0.3) is 0 Å². The van der Waals surface area contributed by atoms with E-state index in [1.54, 1.807) is 12.1 Å². The van der Waals surface area contributed by atoms with Crippen LogP contribution < -0.4 is 11.1 Å². The van der Waals surface area contributed by atoms with Crippen LogP contribution in [0.15, 0.2) is 24.3 Å². The van der Waals surface area contributed by atoms with Gasteiger partial charge in [0.2, 0.25) is 5.91 Å². The van der Waals surface area contributed by atoms with Crippen molar-refractivity contribution in [2.75, 3.05) is 5.32 Å². The zero-order valence-corrected chi connectivity index (χ0v) is 9.16. The van der Waals surface area contributed by atoms with Crippen LogP contribution in [0, 0.1) is 11.7 Å². The molecule has 3 nitrogen and oxygen atoms in total. The van der Waals surface area contributed by atoms with Gasteiger partial charge in [-0.1, -0.05) is 6.92 Å². The minimum atomic E-state index is -0.642. The average molecular weight is 222 g/mol. The molecule has 1 fully saturated rings. The molecule has 0 aliphatic heterocycles. The minimum absolute atomic E-state index is 0.291. The van der Waals surface area contributed by atoms with Gasteiger partial charge in [0.05, 0.1) is 0 Å². The first-order valence-corrected chi connectivity index (χ1v) is 5.35. The van der Waals surface area contributed by atoms with Crippen LogP contribution in [0.1, 0.15) is 19.8 Å². The van der Waals surface area contributed by atoms with Crippen LogP contribution in [0.5, 0.6) is 0 Å². The van der Waals surface area contributed by atoms with Gasteiger partial charge >= 0.3 is 0 Å². The maximum atomic E-state index is 12.7. The van der Waals surface area contributed by atoms with Crippen LogP contribution in [0.2, 0.25) is 0 Å². The normalized spacial score (nSPS) is 28.2. The summed E-state index contributed by atoms with van der Waals surface area (Å²) in [5.74, 6) is -0.129. The molecular weight excluding hydrogens is 207 g/mol. The van der Waals surface area contributed by atoms with E-state index < -0.39 is 5.54 Å². The van der Waals surface area contributed by atoms with Crippen molar-refractivity contribution < 1.29 is 9.18 Å². The van der Waals surface area contributed by atoms with Crippen LogP contribution in [-0.4, -0.2) is 11.4 Å². The lowest BCUT2D eigenvalue weighted by Gasteiger charge is -2.45. The maximum Gasteiger partial charge on any atom is 0.243 e. The quantitative estimate of drug-likeness (QED) is 0.820. The topological polar surface area (TPSA) is 55.1 Å². The number of primary amides is 1. The van der Waals surface area contributed by atoms with Gasteiger partial charge in [0.1, 0.15) is 11.4 Å². The summed E-state index contributed by atoms with van der Waals surface area (Å²) in [5.41, 5.74) is 5.48. The molecular formula is C12H15FN2O. The zero-order chi connectivity index (χ0) is 11.8. The highest BCUT2D eigenvalue weighted by atomic mass is 19.1. The van der Waals surface area contributed by atoms with Gasteiger partial charge in [0.25, 0.3) is 0 Å². The maximum absolute atomic E-state index is 12.7. The number of benzene rings is 1. The smallest absolute Gasteiger partial charge is 0.243 e. The Bertz CT molecular complexity index is 396. The van der Waals surface area contributed by atoms with E-state index in [4.69, 9.17) is 5.73 Å². The fraction of sp³-hybridized carbons (Fsp3) is 0.417. The summed E-state index contributed by atoms with van der Waals surface area (Å²) in [6, 6.07) is 5.95. The molecule has 0 atom stereocenters. The van der Waals surface area contributed by atoms with Gasteiger partial charge in [0.15, 0.2) is 0 Å². The minimum Gasteiger partial charge on any atom is -0.371 e. The molecule has 1 aromatic carbocycles. The molecule has 0 heterocycles.